The van der Waals surface area contributed by atoms with E-state index in [0.29, 0.717) is 19.1 Å². The molecule has 0 radical (unpaired) electrons. The summed E-state index contributed by atoms with van der Waals surface area (Å²) >= 11 is 1.52. The minimum Gasteiger partial charge on any atom is -0.353 e. The maximum absolute atomic E-state index is 12.4. The van der Waals surface area contributed by atoms with E-state index in [0.717, 1.165) is 30.7 Å². The lowest BCUT2D eigenvalue weighted by Gasteiger charge is -2.32. The highest BCUT2D eigenvalue weighted by molar-refractivity contribution is 7.14. The smallest absolute Gasteiger partial charge is 0.322 e. The molecule has 5 nitrogen and oxygen atoms in total. The van der Waals surface area contributed by atoms with E-state index in [9.17, 15) is 9.59 Å². The molecule has 1 aromatic rings. The third-order valence-corrected chi connectivity index (χ3v) is 5.64. The monoisotopic (exact) mass is 335 g/mol. The van der Waals surface area contributed by atoms with E-state index < -0.39 is 0 Å². The summed E-state index contributed by atoms with van der Waals surface area (Å²) in [6, 6.07) is 4.13. The van der Waals surface area contributed by atoms with Crippen LogP contribution in [-0.2, 0) is 4.79 Å². The van der Waals surface area contributed by atoms with Gasteiger partial charge in [0.1, 0.15) is 0 Å². The zero-order valence-electron chi connectivity index (χ0n) is 13.4. The maximum Gasteiger partial charge on any atom is 0.322 e. The summed E-state index contributed by atoms with van der Waals surface area (Å²) in [6.45, 7) is 1.31. The summed E-state index contributed by atoms with van der Waals surface area (Å²) in [5.41, 5.74) is 0. The highest BCUT2D eigenvalue weighted by Crippen LogP contribution is 2.22. The van der Waals surface area contributed by atoms with Crippen molar-refractivity contribution in [2.75, 3.05) is 18.4 Å². The molecule has 1 aromatic heterocycles. The molecule has 1 aliphatic heterocycles. The Kier molecular flexibility index (Phi) is 5.54. The van der Waals surface area contributed by atoms with E-state index in [1.54, 1.807) is 0 Å². The summed E-state index contributed by atoms with van der Waals surface area (Å²) in [6.07, 6.45) is 7.51. The Morgan fingerprint density at radius 3 is 2.48 bits per heavy atom. The molecule has 126 valence electrons. The summed E-state index contributed by atoms with van der Waals surface area (Å²) < 4.78 is 0. The summed E-state index contributed by atoms with van der Waals surface area (Å²) in [5.74, 6) is 0.248. The van der Waals surface area contributed by atoms with Crippen LogP contribution < -0.4 is 10.6 Å². The van der Waals surface area contributed by atoms with Gasteiger partial charge < -0.3 is 10.2 Å². The first-order chi connectivity index (χ1) is 11.2. The number of hydrogen-bond acceptors (Lipinski definition) is 3. The molecule has 0 bridgehead atoms. The average Bonchev–Trinajstić information content (AvgIpc) is 3.09. The Labute approximate surface area is 141 Å². The van der Waals surface area contributed by atoms with Gasteiger partial charge in [-0.3, -0.25) is 10.1 Å². The van der Waals surface area contributed by atoms with Crippen molar-refractivity contribution in [1.82, 2.24) is 10.2 Å². The molecule has 3 amide bonds. The fraction of sp³-hybridized carbons (Fsp3) is 0.647. The van der Waals surface area contributed by atoms with Gasteiger partial charge in [-0.15, -0.1) is 11.3 Å². The molecule has 23 heavy (non-hydrogen) atoms. The van der Waals surface area contributed by atoms with Crippen LogP contribution in [0.4, 0.5) is 9.80 Å². The molecular formula is C17H25N3O2S. The van der Waals surface area contributed by atoms with Crippen LogP contribution in [0.1, 0.15) is 44.9 Å². The van der Waals surface area contributed by atoms with E-state index >= 15 is 0 Å². The lowest BCUT2D eigenvalue weighted by Crippen LogP contribution is -2.46. The quantitative estimate of drug-likeness (QED) is 0.889. The van der Waals surface area contributed by atoms with E-state index in [4.69, 9.17) is 0 Å². The van der Waals surface area contributed by atoms with Crippen LogP contribution in [-0.4, -0.2) is 36.0 Å². The summed E-state index contributed by atoms with van der Waals surface area (Å²) in [7, 11) is 0. The topological polar surface area (TPSA) is 61.4 Å². The molecule has 0 unspecified atom stereocenters. The minimum absolute atomic E-state index is 0.0569. The van der Waals surface area contributed by atoms with E-state index in [-0.39, 0.29) is 17.9 Å². The number of amides is 3. The second-order valence-corrected chi connectivity index (χ2v) is 7.46. The van der Waals surface area contributed by atoms with Crippen molar-refractivity contribution in [1.29, 1.82) is 0 Å². The summed E-state index contributed by atoms with van der Waals surface area (Å²) in [5, 5.41) is 8.93. The Hall–Kier alpha value is -1.56. The molecule has 1 saturated heterocycles. The fourth-order valence-corrected chi connectivity index (χ4v) is 4.05. The Morgan fingerprint density at radius 1 is 1.09 bits per heavy atom. The van der Waals surface area contributed by atoms with Crippen molar-refractivity contribution in [3.8, 4) is 0 Å². The van der Waals surface area contributed by atoms with Crippen LogP contribution in [0, 0.1) is 5.92 Å². The van der Waals surface area contributed by atoms with Crippen molar-refractivity contribution in [3.05, 3.63) is 17.5 Å². The maximum atomic E-state index is 12.4. The number of piperidine rings is 1. The molecule has 1 saturated carbocycles. The minimum atomic E-state index is -0.0569. The van der Waals surface area contributed by atoms with Gasteiger partial charge in [-0.25, -0.2) is 4.79 Å². The largest absolute Gasteiger partial charge is 0.353 e. The third-order valence-electron chi connectivity index (χ3n) is 4.86. The zero-order valence-corrected chi connectivity index (χ0v) is 14.2. The SMILES string of the molecule is O=C(NC1CCCCC1)C1CCN(C(=O)Nc2cccs2)CC1. The van der Waals surface area contributed by atoms with Crippen molar-refractivity contribution < 1.29 is 9.59 Å². The Balaban J connectivity index is 1.42. The summed E-state index contributed by atoms with van der Waals surface area (Å²) in [4.78, 5) is 26.4. The zero-order chi connectivity index (χ0) is 16.1. The first-order valence-electron chi connectivity index (χ1n) is 8.62. The van der Waals surface area contributed by atoms with Gasteiger partial charge in [0, 0.05) is 25.0 Å². The van der Waals surface area contributed by atoms with Gasteiger partial charge in [-0.2, -0.15) is 0 Å². The van der Waals surface area contributed by atoms with Crippen LogP contribution in [0.5, 0.6) is 0 Å². The number of nitrogens with one attached hydrogen (secondary N) is 2. The molecular weight excluding hydrogens is 310 g/mol. The molecule has 1 aliphatic carbocycles. The van der Waals surface area contributed by atoms with Crippen molar-refractivity contribution in [2.24, 2.45) is 5.92 Å². The van der Waals surface area contributed by atoms with Gasteiger partial charge in [-0.1, -0.05) is 19.3 Å². The first kappa shape index (κ1) is 16.3. The van der Waals surface area contributed by atoms with Crippen molar-refractivity contribution in [2.45, 2.75) is 51.0 Å². The number of thiophene rings is 1. The van der Waals surface area contributed by atoms with Crippen LogP contribution in [0.3, 0.4) is 0 Å². The number of carbonyl (C=O) groups excluding carboxylic acids is 2. The Morgan fingerprint density at radius 2 is 1.83 bits per heavy atom. The highest BCUT2D eigenvalue weighted by Gasteiger charge is 2.28. The Bertz CT molecular complexity index is 518. The van der Waals surface area contributed by atoms with Crippen LogP contribution in [0.15, 0.2) is 17.5 Å². The molecule has 2 N–H and O–H groups in total. The lowest BCUT2D eigenvalue weighted by atomic mass is 9.92. The standard InChI is InChI=1S/C17H25N3O2S/c21-16(18-14-5-2-1-3-6-14)13-8-10-20(11-9-13)17(22)19-15-7-4-12-23-15/h4,7,12-14H,1-3,5-6,8-11H2,(H,18,21)(H,19,22). The van der Waals surface area contributed by atoms with Crippen LogP contribution in [0.2, 0.25) is 0 Å². The molecule has 6 heteroatoms. The molecule has 0 aromatic carbocycles. The fourth-order valence-electron chi connectivity index (χ4n) is 3.44. The number of urea groups is 1. The van der Waals surface area contributed by atoms with E-state index in [1.165, 1.54) is 30.6 Å². The third kappa shape index (κ3) is 4.47. The van der Waals surface area contributed by atoms with Gasteiger partial charge in [0.25, 0.3) is 0 Å². The van der Waals surface area contributed by atoms with E-state index in [2.05, 4.69) is 10.6 Å². The second kappa shape index (κ2) is 7.81. The number of carbonyl (C=O) groups is 2. The predicted molar refractivity (Wildman–Crippen MR) is 92.7 cm³/mol. The second-order valence-electron chi connectivity index (χ2n) is 6.51. The number of nitrogens with zero attached hydrogens (tertiary/aromatic N) is 1. The van der Waals surface area contributed by atoms with Crippen molar-refractivity contribution >= 4 is 28.3 Å². The lowest BCUT2D eigenvalue weighted by molar-refractivity contribution is -0.127. The van der Waals surface area contributed by atoms with Gasteiger partial charge in [0.15, 0.2) is 0 Å². The van der Waals surface area contributed by atoms with Crippen LogP contribution >= 0.6 is 11.3 Å². The van der Waals surface area contributed by atoms with Gasteiger partial charge in [0.05, 0.1) is 5.00 Å². The highest BCUT2D eigenvalue weighted by atomic mass is 32.1. The van der Waals surface area contributed by atoms with Crippen molar-refractivity contribution in [3.63, 3.8) is 0 Å². The van der Waals surface area contributed by atoms with Gasteiger partial charge in [0.2, 0.25) is 5.91 Å². The molecule has 2 heterocycles. The molecule has 0 atom stereocenters. The molecule has 2 fully saturated rings. The average molecular weight is 335 g/mol. The van der Waals surface area contributed by atoms with Gasteiger partial charge >= 0.3 is 6.03 Å². The number of hydrogen-bond donors (Lipinski definition) is 2. The number of rotatable bonds is 3. The molecule has 0 spiro atoms. The normalized spacial score (nSPS) is 20.3. The predicted octanol–water partition coefficient (Wildman–Crippen LogP) is 3.44. The van der Waals surface area contributed by atoms with E-state index in [1.807, 2.05) is 22.4 Å². The first-order valence-corrected chi connectivity index (χ1v) is 9.50. The number of likely N-dealkylation sites (tertiary alicyclic amines) is 1. The molecule has 3 rings (SSSR count). The van der Waals surface area contributed by atoms with Crippen LogP contribution in [0.25, 0.3) is 0 Å². The van der Waals surface area contributed by atoms with Gasteiger partial charge in [-0.05, 0) is 43.2 Å². The number of anilines is 1. The molecule has 2 aliphatic rings.